The molecule has 0 aliphatic carbocycles. The van der Waals surface area contributed by atoms with Gasteiger partial charge in [-0.1, -0.05) is 30.3 Å². The van der Waals surface area contributed by atoms with Crippen molar-refractivity contribution in [2.75, 3.05) is 31.6 Å². The number of quaternary nitrogens is 1. The fourth-order valence-electron chi connectivity index (χ4n) is 2.93. The van der Waals surface area contributed by atoms with E-state index < -0.39 is 0 Å². The number of hydrogen-bond donors (Lipinski definition) is 3. The van der Waals surface area contributed by atoms with Crippen molar-refractivity contribution in [2.45, 2.75) is 20.0 Å². The molecule has 4 nitrogen and oxygen atoms in total. The van der Waals surface area contributed by atoms with Gasteiger partial charge < -0.3 is 20.3 Å². The van der Waals surface area contributed by atoms with Crippen molar-refractivity contribution in [3.05, 3.63) is 65.0 Å². The Labute approximate surface area is 159 Å². The highest BCUT2D eigenvalue weighted by Crippen LogP contribution is 2.13. The number of morpholine rings is 1. The Morgan fingerprint density at radius 3 is 2.50 bits per heavy atom. The first-order valence-electron chi connectivity index (χ1n) is 8.90. The standard InChI is InChI=1S/C20H24FN3OS/c1-15-2-7-18(12-19(15)21)23-20(26)22-13-16-3-5-17(6-4-16)14-24-8-10-25-11-9-24/h2-7,12H,8-11,13-14H2,1H3,(H2,22,23,26)/p+1. The lowest BCUT2D eigenvalue weighted by molar-refractivity contribution is -0.921. The zero-order valence-electron chi connectivity index (χ0n) is 15.0. The van der Waals surface area contributed by atoms with Gasteiger partial charge in [-0.05, 0) is 42.4 Å². The van der Waals surface area contributed by atoms with Gasteiger partial charge in [0.1, 0.15) is 25.5 Å². The third kappa shape index (κ3) is 5.49. The van der Waals surface area contributed by atoms with Crippen LogP contribution >= 0.6 is 12.2 Å². The normalized spacial score (nSPS) is 14.8. The Morgan fingerprint density at radius 2 is 1.81 bits per heavy atom. The highest BCUT2D eigenvalue weighted by atomic mass is 32.1. The third-order valence-electron chi connectivity index (χ3n) is 4.56. The average molecular weight is 375 g/mol. The highest BCUT2D eigenvalue weighted by molar-refractivity contribution is 7.80. The fraction of sp³-hybridized carbons (Fsp3) is 0.350. The number of thiocarbonyl (C=S) groups is 1. The van der Waals surface area contributed by atoms with E-state index in [9.17, 15) is 4.39 Å². The van der Waals surface area contributed by atoms with Gasteiger partial charge in [-0.15, -0.1) is 0 Å². The first kappa shape index (κ1) is 18.8. The van der Waals surface area contributed by atoms with Crippen LogP contribution in [0, 0.1) is 12.7 Å². The SMILES string of the molecule is Cc1ccc(NC(=S)NCc2ccc(C[NH+]3CCOCC3)cc2)cc1F. The van der Waals surface area contributed by atoms with Crippen LogP contribution in [-0.2, 0) is 17.8 Å². The van der Waals surface area contributed by atoms with Gasteiger partial charge in [0.15, 0.2) is 5.11 Å². The average Bonchev–Trinajstić information content (AvgIpc) is 2.65. The van der Waals surface area contributed by atoms with Crippen molar-refractivity contribution in [1.82, 2.24) is 5.32 Å². The van der Waals surface area contributed by atoms with Crippen LogP contribution in [0.3, 0.4) is 0 Å². The number of halogens is 1. The number of benzene rings is 2. The molecule has 0 aromatic heterocycles. The van der Waals surface area contributed by atoms with Crippen molar-refractivity contribution in [3.63, 3.8) is 0 Å². The van der Waals surface area contributed by atoms with E-state index in [1.807, 2.05) is 6.07 Å². The lowest BCUT2D eigenvalue weighted by atomic mass is 10.1. The molecule has 0 saturated carbocycles. The van der Waals surface area contributed by atoms with Crippen molar-refractivity contribution in [3.8, 4) is 0 Å². The molecule has 0 unspecified atom stereocenters. The van der Waals surface area contributed by atoms with Gasteiger partial charge in [0, 0.05) is 17.8 Å². The van der Waals surface area contributed by atoms with Gasteiger partial charge in [0.05, 0.1) is 13.2 Å². The first-order chi connectivity index (χ1) is 12.6. The Balaban J connectivity index is 1.46. The maximum absolute atomic E-state index is 13.6. The minimum atomic E-state index is -0.240. The summed E-state index contributed by atoms with van der Waals surface area (Å²) in [4.78, 5) is 1.57. The number of aryl methyl sites for hydroxylation is 1. The van der Waals surface area contributed by atoms with E-state index in [-0.39, 0.29) is 5.82 Å². The van der Waals surface area contributed by atoms with Crippen LogP contribution in [0.1, 0.15) is 16.7 Å². The lowest BCUT2D eigenvalue weighted by Gasteiger charge is -2.23. The van der Waals surface area contributed by atoms with Crippen LogP contribution in [0.4, 0.5) is 10.1 Å². The summed E-state index contributed by atoms with van der Waals surface area (Å²) in [6.45, 7) is 7.26. The number of rotatable bonds is 5. The third-order valence-corrected chi connectivity index (χ3v) is 4.81. The number of ether oxygens (including phenoxy) is 1. The van der Waals surface area contributed by atoms with Gasteiger partial charge in [-0.25, -0.2) is 4.39 Å². The molecule has 3 N–H and O–H groups in total. The van der Waals surface area contributed by atoms with E-state index in [1.54, 1.807) is 17.9 Å². The van der Waals surface area contributed by atoms with Crippen molar-refractivity contribution >= 4 is 23.0 Å². The molecule has 1 saturated heterocycles. The van der Waals surface area contributed by atoms with E-state index in [0.717, 1.165) is 38.4 Å². The molecule has 0 atom stereocenters. The molecule has 0 spiro atoms. The minimum absolute atomic E-state index is 0.240. The Bertz CT molecular complexity index is 745. The second kappa shape index (κ2) is 9.07. The smallest absolute Gasteiger partial charge is 0.171 e. The fourth-order valence-corrected chi connectivity index (χ4v) is 3.12. The Morgan fingerprint density at radius 1 is 1.12 bits per heavy atom. The number of hydrogen-bond acceptors (Lipinski definition) is 2. The highest BCUT2D eigenvalue weighted by Gasteiger charge is 2.13. The number of anilines is 1. The largest absolute Gasteiger partial charge is 0.370 e. The monoisotopic (exact) mass is 374 g/mol. The van der Waals surface area contributed by atoms with Crippen LogP contribution in [0.25, 0.3) is 0 Å². The topological polar surface area (TPSA) is 37.7 Å². The first-order valence-corrected chi connectivity index (χ1v) is 9.31. The van der Waals surface area contributed by atoms with Crippen LogP contribution in [0.15, 0.2) is 42.5 Å². The summed E-state index contributed by atoms with van der Waals surface area (Å²) in [6.07, 6.45) is 0. The summed E-state index contributed by atoms with van der Waals surface area (Å²) in [7, 11) is 0. The predicted octanol–water partition coefficient (Wildman–Crippen LogP) is 2.04. The molecule has 0 radical (unpaired) electrons. The second-order valence-corrected chi connectivity index (χ2v) is 7.04. The Hall–Kier alpha value is -2.02. The maximum atomic E-state index is 13.6. The molecule has 1 aliphatic rings. The van der Waals surface area contributed by atoms with E-state index in [0.29, 0.717) is 22.9 Å². The summed E-state index contributed by atoms with van der Waals surface area (Å²) in [6, 6.07) is 13.6. The molecule has 0 bridgehead atoms. The van der Waals surface area contributed by atoms with E-state index in [4.69, 9.17) is 17.0 Å². The summed E-state index contributed by atoms with van der Waals surface area (Å²) in [5.41, 5.74) is 3.76. The van der Waals surface area contributed by atoms with E-state index in [2.05, 4.69) is 34.9 Å². The molecular formula is C20H25FN3OS+. The summed E-state index contributed by atoms with van der Waals surface area (Å²) < 4.78 is 19.0. The molecule has 1 heterocycles. The van der Waals surface area contributed by atoms with Crippen LogP contribution in [0.5, 0.6) is 0 Å². The molecular weight excluding hydrogens is 349 g/mol. The summed E-state index contributed by atoms with van der Waals surface area (Å²) in [5, 5.41) is 6.65. The molecule has 0 amide bonds. The molecule has 3 rings (SSSR count). The molecule has 6 heteroatoms. The van der Waals surface area contributed by atoms with Gasteiger partial charge in [0.25, 0.3) is 0 Å². The van der Waals surface area contributed by atoms with Crippen molar-refractivity contribution < 1.29 is 14.0 Å². The van der Waals surface area contributed by atoms with E-state index in [1.165, 1.54) is 11.6 Å². The quantitative estimate of drug-likeness (QED) is 0.701. The van der Waals surface area contributed by atoms with E-state index >= 15 is 0 Å². The molecule has 2 aromatic carbocycles. The summed E-state index contributed by atoms with van der Waals surface area (Å²) >= 11 is 5.29. The maximum Gasteiger partial charge on any atom is 0.171 e. The van der Waals surface area contributed by atoms with Gasteiger partial charge in [0.2, 0.25) is 0 Å². The minimum Gasteiger partial charge on any atom is -0.370 e. The zero-order chi connectivity index (χ0) is 18.4. The zero-order valence-corrected chi connectivity index (χ0v) is 15.8. The molecule has 26 heavy (non-hydrogen) atoms. The predicted molar refractivity (Wildman–Crippen MR) is 106 cm³/mol. The van der Waals surface area contributed by atoms with Crippen molar-refractivity contribution in [2.24, 2.45) is 0 Å². The van der Waals surface area contributed by atoms with Crippen LogP contribution in [0.2, 0.25) is 0 Å². The Kier molecular flexibility index (Phi) is 6.55. The second-order valence-electron chi connectivity index (χ2n) is 6.63. The van der Waals surface area contributed by atoms with Crippen LogP contribution in [-0.4, -0.2) is 31.4 Å². The number of nitrogens with one attached hydrogen (secondary N) is 3. The van der Waals surface area contributed by atoms with Gasteiger partial charge in [-0.2, -0.15) is 0 Å². The molecule has 2 aromatic rings. The van der Waals surface area contributed by atoms with Crippen molar-refractivity contribution in [1.29, 1.82) is 0 Å². The molecule has 138 valence electrons. The van der Waals surface area contributed by atoms with Gasteiger partial charge in [-0.3, -0.25) is 0 Å². The molecule has 1 aliphatic heterocycles. The van der Waals surface area contributed by atoms with Gasteiger partial charge >= 0.3 is 0 Å². The summed E-state index contributed by atoms with van der Waals surface area (Å²) in [5.74, 6) is -0.240. The lowest BCUT2D eigenvalue weighted by Crippen LogP contribution is -3.12. The molecule has 1 fully saturated rings. The van der Waals surface area contributed by atoms with Crippen LogP contribution < -0.4 is 15.5 Å².